The van der Waals surface area contributed by atoms with Gasteiger partial charge in [0.05, 0.1) is 6.54 Å². The molecule has 0 aromatic carbocycles. The van der Waals surface area contributed by atoms with Crippen molar-refractivity contribution in [1.29, 1.82) is 0 Å². The van der Waals surface area contributed by atoms with Crippen LogP contribution in [0.25, 0.3) is 0 Å². The number of rotatable bonds is 4. The first-order valence-corrected chi connectivity index (χ1v) is 5.56. The highest BCUT2D eigenvalue weighted by Gasteiger charge is 2.10. The fraction of sp³-hybridized carbons (Fsp3) is 0.600. The van der Waals surface area contributed by atoms with Gasteiger partial charge in [0, 0.05) is 17.0 Å². The molecule has 0 N–H and O–H groups in total. The molecule has 0 amide bonds. The molecule has 1 aromatic heterocycles. The van der Waals surface area contributed by atoms with Crippen molar-refractivity contribution in [3.63, 3.8) is 0 Å². The maximum absolute atomic E-state index is 11.4. The van der Waals surface area contributed by atoms with E-state index < -0.39 is 0 Å². The summed E-state index contributed by atoms with van der Waals surface area (Å²) in [6.07, 6.45) is 1.40. The number of ketones is 1. The van der Waals surface area contributed by atoms with Gasteiger partial charge in [-0.25, -0.2) is 0 Å². The van der Waals surface area contributed by atoms with Crippen LogP contribution in [0, 0.1) is 13.8 Å². The first-order chi connectivity index (χ1) is 6.56. The summed E-state index contributed by atoms with van der Waals surface area (Å²) in [7, 11) is 0. The fourth-order valence-electron chi connectivity index (χ4n) is 1.30. The molecule has 0 bridgehead atoms. The van der Waals surface area contributed by atoms with Gasteiger partial charge < -0.3 is 0 Å². The molecule has 3 nitrogen and oxygen atoms in total. The Hall–Kier alpha value is -0.900. The smallest absolute Gasteiger partial charge is 0.298 e. The molecule has 1 heterocycles. The van der Waals surface area contributed by atoms with E-state index in [0.717, 1.165) is 17.0 Å². The van der Waals surface area contributed by atoms with E-state index in [1.807, 2.05) is 20.8 Å². The second kappa shape index (κ2) is 4.55. The second-order valence-electron chi connectivity index (χ2n) is 3.38. The minimum Gasteiger partial charge on any atom is -0.298 e. The number of aromatic nitrogens is 1. The summed E-state index contributed by atoms with van der Waals surface area (Å²) in [6.45, 7) is 5.99. The Morgan fingerprint density at radius 1 is 1.43 bits per heavy atom. The SMILES string of the molecule is CCCC(=O)Cn1c(C)c(C)sc1=O. The molecule has 0 saturated heterocycles. The molecule has 78 valence electrons. The number of hydrogen-bond acceptors (Lipinski definition) is 3. The van der Waals surface area contributed by atoms with E-state index in [-0.39, 0.29) is 17.2 Å². The van der Waals surface area contributed by atoms with Crippen molar-refractivity contribution in [2.24, 2.45) is 0 Å². The van der Waals surface area contributed by atoms with Crippen LogP contribution >= 0.6 is 11.3 Å². The number of carbonyl (C=O) groups is 1. The van der Waals surface area contributed by atoms with Crippen molar-refractivity contribution in [2.45, 2.75) is 40.2 Å². The quantitative estimate of drug-likeness (QED) is 0.766. The van der Waals surface area contributed by atoms with Crippen LogP contribution in [0.4, 0.5) is 0 Å². The Bertz CT molecular complexity index is 389. The summed E-state index contributed by atoms with van der Waals surface area (Å²) < 4.78 is 1.57. The van der Waals surface area contributed by atoms with Gasteiger partial charge in [0.25, 0.3) is 0 Å². The monoisotopic (exact) mass is 213 g/mol. The van der Waals surface area contributed by atoms with Crippen LogP contribution in [0.3, 0.4) is 0 Å². The summed E-state index contributed by atoms with van der Waals surface area (Å²) in [6, 6.07) is 0. The number of Topliss-reactive ketones (excluding diaryl/α,β-unsaturated/α-hetero) is 1. The summed E-state index contributed by atoms with van der Waals surface area (Å²) >= 11 is 1.21. The van der Waals surface area contributed by atoms with E-state index in [1.54, 1.807) is 4.57 Å². The van der Waals surface area contributed by atoms with Crippen LogP contribution in [0.15, 0.2) is 4.79 Å². The van der Waals surface area contributed by atoms with Crippen LogP contribution in [0.5, 0.6) is 0 Å². The molecule has 0 fully saturated rings. The van der Waals surface area contributed by atoms with Gasteiger partial charge in [0.15, 0.2) is 5.78 Å². The molecule has 0 radical (unpaired) electrons. The van der Waals surface area contributed by atoms with Crippen LogP contribution in [-0.4, -0.2) is 10.4 Å². The molecule has 0 aliphatic rings. The minimum absolute atomic E-state index is 0.0237. The van der Waals surface area contributed by atoms with E-state index >= 15 is 0 Å². The summed E-state index contributed by atoms with van der Waals surface area (Å²) in [5.41, 5.74) is 0.921. The van der Waals surface area contributed by atoms with Gasteiger partial charge in [0.1, 0.15) is 0 Å². The first kappa shape index (κ1) is 11.2. The third kappa shape index (κ3) is 2.32. The van der Waals surface area contributed by atoms with Gasteiger partial charge in [0.2, 0.25) is 0 Å². The highest BCUT2D eigenvalue weighted by molar-refractivity contribution is 7.09. The zero-order valence-corrected chi connectivity index (χ0v) is 9.61. The fourth-order valence-corrected chi connectivity index (χ4v) is 2.14. The molecule has 0 unspecified atom stereocenters. The maximum Gasteiger partial charge on any atom is 0.307 e. The Labute approximate surface area is 87.4 Å². The Balaban J connectivity index is 2.86. The Kier molecular flexibility index (Phi) is 3.63. The lowest BCUT2D eigenvalue weighted by atomic mass is 10.2. The zero-order valence-electron chi connectivity index (χ0n) is 8.79. The number of nitrogens with zero attached hydrogens (tertiary/aromatic N) is 1. The van der Waals surface area contributed by atoms with E-state index in [9.17, 15) is 9.59 Å². The summed E-state index contributed by atoms with van der Waals surface area (Å²) in [5.74, 6) is 0.135. The molecule has 0 spiro atoms. The molecule has 1 aromatic rings. The largest absolute Gasteiger partial charge is 0.307 e. The molecule has 0 saturated carbocycles. The van der Waals surface area contributed by atoms with Crippen LogP contribution < -0.4 is 4.87 Å². The van der Waals surface area contributed by atoms with Crippen molar-refractivity contribution >= 4 is 17.1 Å². The number of thiazole rings is 1. The lowest BCUT2D eigenvalue weighted by Crippen LogP contribution is -2.20. The molecule has 0 aliphatic heterocycles. The molecule has 14 heavy (non-hydrogen) atoms. The predicted molar refractivity (Wildman–Crippen MR) is 58.0 cm³/mol. The normalized spacial score (nSPS) is 10.5. The van der Waals surface area contributed by atoms with Gasteiger partial charge in [-0.2, -0.15) is 0 Å². The van der Waals surface area contributed by atoms with Crippen molar-refractivity contribution in [2.75, 3.05) is 0 Å². The standard InChI is InChI=1S/C10H15NO2S/c1-4-5-9(12)6-11-7(2)8(3)14-10(11)13/h4-6H2,1-3H3. The summed E-state index contributed by atoms with van der Waals surface area (Å²) in [4.78, 5) is 23.8. The second-order valence-corrected chi connectivity index (χ2v) is 4.55. The van der Waals surface area contributed by atoms with Gasteiger partial charge in [-0.1, -0.05) is 18.3 Å². The Morgan fingerprint density at radius 3 is 2.50 bits per heavy atom. The average molecular weight is 213 g/mol. The van der Waals surface area contributed by atoms with Gasteiger partial charge >= 0.3 is 4.87 Å². The predicted octanol–water partition coefficient (Wildman–Crippen LogP) is 1.90. The van der Waals surface area contributed by atoms with E-state index in [0.29, 0.717) is 6.42 Å². The summed E-state index contributed by atoms with van der Waals surface area (Å²) in [5, 5.41) is 0. The van der Waals surface area contributed by atoms with Crippen LogP contribution in [0.1, 0.15) is 30.3 Å². The highest BCUT2D eigenvalue weighted by Crippen LogP contribution is 2.09. The Morgan fingerprint density at radius 2 is 2.07 bits per heavy atom. The minimum atomic E-state index is -0.0237. The molecule has 4 heteroatoms. The molecule has 1 rings (SSSR count). The van der Waals surface area contributed by atoms with Gasteiger partial charge in [-0.3, -0.25) is 14.2 Å². The van der Waals surface area contributed by atoms with Crippen molar-refractivity contribution < 1.29 is 4.79 Å². The van der Waals surface area contributed by atoms with Crippen molar-refractivity contribution in [1.82, 2.24) is 4.57 Å². The molecule has 0 atom stereocenters. The third-order valence-corrected chi connectivity index (χ3v) is 3.24. The lowest BCUT2D eigenvalue weighted by molar-refractivity contribution is -0.119. The number of hydrogen-bond donors (Lipinski definition) is 0. The molecule has 0 aliphatic carbocycles. The van der Waals surface area contributed by atoms with E-state index in [2.05, 4.69) is 0 Å². The van der Waals surface area contributed by atoms with Gasteiger partial charge in [-0.15, -0.1) is 0 Å². The molecular formula is C10H15NO2S. The maximum atomic E-state index is 11.4. The van der Waals surface area contributed by atoms with E-state index in [1.165, 1.54) is 11.3 Å². The van der Waals surface area contributed by atoms with Crippen LogP contribution in [0.2, 0.25) is 0 Å². The third-order valence-electron chi connectivity index (χ3n) is 2.24. The topological polar surface area (TPSA) is 39.1 Å². The molecular weight excluding hydrogens is 198 g/mol. The highest BCUT2D eigenvalue weighted by atomic mass is 32.1. The zero-order chi connectivity index (χ0) is 10.7. The first-order valence-electron chi connectivity index (χ1n) is 4.74. The number of carbonyl (C=O) groups excluding carboxylic acids is 1. The van der Waals surface area contributed by atoms with Crippen molar-refractivity contribution in [3.05, 3.63) is 20.2 Å². The lowest BCUT2D eigenvalue weighted by Gasteiger charge is -2.02. The average Bonchev–Trinajstić information content (AvgIpc) is 2.33. The van der Waals surface area contributed by atoms with E-state index in [4.69, 9.17) is 0 Å². The van der Waals surface area contributed by atoms with Crippen LogP contribution in [-0.2, 0) is 11.3 Å². The number of aryl methyl sites for hydroxylation is 1. The van der Waals surface area contributed by atoms with Crippen molar-refractivity contribution in [3.8, 4) is 0 Å². The van der Waals surface area contributed by atoms with Gasteiger partial charge in [-0.05, 0) is 20.3 Å².